The van der Waals surface area contributed by atoms with Crippen LogP contribution in [-0.4, -0.2) is 20.5 Å². The number of sulfonamides is 1. The first-order chi connectivity index (χ1) is 8.86. The molecule has 0 unspecified atom stereocenters. The highest BCUT2D eigenvalue weighted by molar-refractivity contribution is 7.88. The monoisotopic (exact) mass is 320 g/mol. The third-order valence-electron chi connectivity index (χ3n) is 3.56. The molecule has 0 aromatic heterocycles. The molecule has 116 valence electrons. The molecule has 6 heteroatoms. The van der Waals surface area contributed by atoms with Gasteiger partial charge < -0.3 is 5.73 Å². The Bertz CT molecular complexity index is 505. The maximum atomic E-state index is 12.2. The summed E-state index contributed by atoms with van der Waals surface area (Å²) in [5.74, 6) is -0.00354. The van der Waals surface area contributed by atoms with E-state index in [1.54, 1.807) is 0 Å². The van der Waals surface area contributed by atoms with Crippen LogP contribution < -0.4 is 10.5 Å². The SMILES string of the molecule is CCC(CC)(CN)NS(=O)(=O)Cc1cccc(C)c1.Cl. The number of hydrogen-bond acceptors (Lipinski definition) is 3. The van der Waals surface area contributed by atoms with Gasteiger partial charge in [-0.3, -0.25) is 0 Å². The van der Waals surface area contributed by atoms with Gasteiger partial charge in [-0.05, 0) is 25.3 Å². The van der Waals surface area contributed by atoms with E-state index in [-0.39, 0.29) is 18.2 Å². The maximum Gasteiger partial charge on any atom is 0.216 e. The fourth-order valence-corrected chi connectivity index (χ4v) is 3.83. The molecule has 0 bridgehead atoms. The predicted octanol–water partition coefficient (Wildman–Crippen LogP) is 2.35. The molecular weight excluding hydrogens is 296 g/mol. The summed E-state index contributed by atoms with van der Waals surface area (Å²) >= 11 is 0. The first-order valence-electron chi connectivity index (χ1n) is 6.63. The fraction of sp³-hybridized carbons (Fsp3) is 0.571. The highest BCUT2D eigenvalue weighted by atomic mass is 35.5. The van der Waals surface area contributed by atoms with E-state index in [0.29, 0.717) is 19.4 Å². The Labute approximate surface area is 128 Å². The summed E-state index contributed by atoms with van der Waals surface area (Å²) in [4.78, 5) is 0. The van der Waals surface area contributed by atoms with Gasteiger partial charge in [-0.2, -0.15) is 0 Å². The van der Waals surface area contributed by atoms with Gasteiger partial charge in [0.1, 0.15) is 0 Å². The van der Waals surface area contributed by atoms with Crippen molar-refractivity contribution >= 4 is 22.4 Å². The normalized spacial score (nSPS) is 12.0. The third kappa shape index (κ3) is 5.40. The van der Waals surface area contributed by atoms with E-state index in [9.17, 15) is 8.42 Å². The summed E-state index contributed by atoms with van der Waals surface area (Å²) < 4.78 is 27.2. The summed E-state index contributed by atoms with van der Waals surface area (Å²) in [6, 6.07) is 7.54. The largest absolute Gasteiger partial charge is 0.329 e. The quantitative estimate of drug-likeness (QED) is 0.810. The molecule has 0 saturated carbocycles. The van der Waals surface area contributed by atoms with Crippen molar-refractivity contribution in [3.8, 4) is 0 Å². The van der Waals surface area contributed by atoms with Gasteiger partial charge in [-0.15, -0.1) is 12.4 Å². The van der Waals surface area contributed by atoms with E-state index in [1.165, 1.54) is 0 Å². The lowest BCUT2D eigenvalue weighted by molar-refractivity contribution is 0.363. The Morgan fingerprint density at radius 3 is 2.30 bits per heavy atom. The lowest BCUT2D eigenvalue weighted by Gasteiger charge is -2.31. The van der Waals surface area contributed by atoms with E-state index in [0.717, 1.165) is 11.1 Å². The van der Waals surface area contributed by atoms with Crippen LogP contribution in [0, 0.1) is 6.92 Å². The Morgan fingerprint density at radius 2 is 1.85 bits per heavy atom. The molecule has 0 fully saturated rings. The van der Waals surface area contributed by atoms with E-state index in [2.05, 4.69) is 4.72 Å². The molecule has 1 rings (SSSR count). The predicted molar refractivity (Wildman–Crippen MR) is 86.6 cm³/mol. The lowest BCUT2D eigenvalue weighted by atomic mass is 9.95. The average Bonchev–Trinajstić information content (AvgIpc) is 2.35. The molecule has 1 aromatic carbocycles. The second-order valence-electron chi connectivity index (χ2n) is 5.04. The third-order valence-corrected chi connectivity index (χ3v) is 5.01. The van der Waals surface area contributed by atoms with Gasteiger partial charge >= 0.3 is 0 Å². The standard InChI is InChI=1S/C14H24N2O2S.ClH/c1-4-14(5-2,11-15)16-19(17,18)10-13-8-6-7-12(3)9-13;/h6-9,16H,4-5,10-11,15H2,1-3H3;1H. The van der Waals surface area contributed by atoms with Crippen molar-refractivity contribution in [2.24, 2.45) is 5.73 Å². The van der Waals surface area contributed by atoms with Crippen LogP contribution in [-0.2, 0) is 15.8 Å². The van der Waals surface area contributed by atoms with Crippen molar-refractivity contribution in [2.45, 2.75) is 44.9 Å². The number of halogens is 1. The van der Waals surface area contributed by atoms with Crippen LogP contribution in [0.25, 0.3) is 0 Å². The smallest absolute Gasteiger partial charge is 0.216 e. The van der Waals surface area contributed by atoms with Crippen LogP contribution in [0.15, 0.2) is 24.3 Å². The summed E-state index contributed by atoms with van der Waals surface area (Å²) in [5.41, 5.74) is 7.06. The molecule has 0 aliphatic carbocycles. The average molecular weight is 321 g/mol. The number of nitrogens with two attached hydrogens (primary N) is 1. The molecule has 0 aliphatic rings. The number of hydrogen-bond donors (Lipinski definition) is 2. The number of aryl methyl sites for hydroxylation is 1. The topological polar surface area (TPSA) is 72.2 Å². The van der Waals surface area contributed by atoms with Gasteiger partial charge in [0.25, 0.3) is 0 Å². The second kappa shape index (κ2) is 7.98. The zero-order valence-electron chi connectivity index (χ0n) is 12.3. The molecule has 0 radical (unpaired) electrons. The van der Waals surface area contributed by atoms with Crippen molar-refractivity contribution in [2.75, 3.05) is 6.54 Å². The van der Waals surface area contributed by atoms with Gasteiger partial charge in [0.2, 0.25) is 10.0 Å². The minimum Gasteiger partial charge on any atom is -0.329 e. The van der Waals surface area contributed by atoms with E-state index >= 15 is 0 Å². The van der Waals surface area contributed by atoms with Crippen LogP contribution in [0.3, 0.4) is 0 Å². The fourth-order valence-electron chi connectivity index (χ4n) is 2.11. The summed E-state index contributed by atoms with van der Waals surface area (Å²) in [6.45, 7) is 6.16. The number of rotatable bonds is 7. The Morgan fingerprint density at radius 1 is 1.25 bits per heavy atom. The summed E-state index contributed by atoms with van der Waals surface area (Å²) in [5, 5.41) is 0. The molecule has 0 spiro atoms. The van der Waals surface area contributed by atoms with Gasteiger partial charge in [-0.1, -0.05) is 43.7 Å². The molecule has 0 aliphatic heterocycles. The molecule has 3 N–H and O–H groups in total. The van der Waals surface area contributed by atoms with E-state index < -0.39 is 15.6 Å². The highest BCUT2D eigenvalue weighted by Crippen LogP contribution is 2.17. The van der Waals surface area contributed by atoms with Crippen molar-refractivity contribution in [3.63, 3.8) is 0 Å². The maximum absolute atomic E-state index is 12.2. The van der Waals surface area contributed by atoms with Crippen LogP contribution in [0.4, 0.5) is 0 Å². The van der Waals surface area contributed by atoms with E-state index in [4.69, 9.17) is 5.73 Å². The Balaban J connectivity index is 0.00000361. The minimum absolute atomic E-state index is 0. The van der Waals surface area contributed by atoms with Crippen LogP contribution >= 0.6 is 12.4 Å². The Hall–Kier alpha value is -0.620. The Kier molecular flexibility index (Phi) is 7.73. The van der Waals surface area contributed by atoms with Crippen molar-refractivity contribution in [3.05, 3.63) is 35.4 Å². The van der Waals surface area contributed by atoms with E-state index in [1.807, 2.05) is 45.0 Å². The van der Waals surface area contributed by atoms with Crippen LogP contribution in [0.1, 0.15) is 37.8 Å². The number of nitrogens with one attached hydrogen (secondary N) is 1. The first kappa shape index (κ1) is 19.4. The van der Waals surface area contributed by atoms with Crippen molar-refractivity contribution in [1.82, 2.24) is 4.72 Å². The second-order valence-corrected chi connectivity index (χ2v) is 6.76. The van der Waals surface area contributed by atoms with Crippen molar-refractivity contribution < 1.29 is 8.42 Å². The molecule has 0 atom stereocenters. The highest BCUT2D eigenvalue weighted by Gasteiger charge is 2.29. The molecule has 1 aromatic rings. The summed E-state index contributed by atoms with van der Waals surface area (Å²) in [6.07, 6.45) is 1.38. The van der Waals surface area contributed by atoms with Crippen molar-refractivity contribution in [1.29, 1.82) is 0 Å². The van der Waals surface area contributed by atoms with Gasteiger partial charge in [0, 0.05) is 12.1 Å². The molecule has 0 amide bonds. The molecule has 0 saturated heterocycles. The zero-order valence-corrected chi connectivity index (χ0v) is 14.0. The first-order valence-corrected chi connectivity index (χ1v) is 8.29. The minimum atomic E-state index is -3.38. The number of benzene rings is 1. The lowest BCUT2D eigenvalue weighted by Crippen LogP contribution is -2.53. The zero-order chi connectivity index (χ0) is 14.5. The summed E-state index contributed by atoms with van der Waals surface area (Å²) in [7, 11) is -3.38. The molecule has 20 heavy (non-hydrogen) atoms. The molecular formula is C14H25ClN2O2S. The van der Waals surface area contributed by atoms with Gasteiger partial charge in [0.15, 0.2) is 0 Å². The van der Waals surface area contributed by atoms with Crippen LogP contribution in [0.5, 0.6) is 0 Å². The molecule has 4 nitrogen and oxygen atoms in total. The van der Waals surface area contributed by atoms with Gasteiger partial charge in [0.05, 0.1) is 5.75 Å². The van der Waals surface area contributed by atoms with Gasteiger partial charge in [-0.25, -0.2) is 13.1 Å². The molecule has 0 heterocycles. The van der Waals surface area contributed by atoms with Crippen LogP contribution in [0.2, 0.25) is 0 Å².